The van der Waals surface area contributed by atoms with Crippen LogP contribution in [0.15, 0.2) is 18.2 Å². The highest BCUT2D eigenvalue weighted by atomic mass is 16.4. The normalized spacial score (nSPS) is 11.0. The zero-order valence-electron chi connectivity index (χ0n) is 10.4. The molecule has 0 radical (unpaired) electrons. The summed E-state index contributed by atoms with van der Waals surface area (Å²) in [5, 5.41) is 11.8. The van der Waals surface area contributed by atoms with Crippen LogP contribution in [0, 0.1) is 5.41 Å². The predicted octanol–water partition coefficient (Wildman–Crippen LogP) is 0.890. The number of carbonyl (C=O) groups excluding carboxylic acids is 1. The third kappa shape index (κ3) is 3.13. The summed E-state index contributed by atoms with van der Waals surface area (Å²) < 4.78 is 0. The highest BCUT2D eigenvalue weighted by molar-refractivity contribution is 5.90. The Morgan fingerprint density at radius 1 is 1.39 bits per heavy atom. The molecule has 0 fully saturated rings. The van der Waals surface area contributed by atoms with Crippen molar-refractivity contribution >= 4 is 23.3 Å². The largest absolute Gasteiger partial charge is 0.478 e. The molecule has 0 saturated heterocycles. The number of hydrogen-bond acceptors (Lipinski definition) is 4. The minimum Gasteiger partial charge on any atom is -0.478 e. The van der Waals surface area contributed by atoms with E-state index in [4.69, 9.17) is 16.6 Å². The highest BCUT2D eigenvalue weighted by Gasteiger charge is 2.24. The van der Waals surface area contributed by atoms with Gasteiger partial charge in [0.05, 0.1) is 22.4 Å². The zero-order valence-corrected chi connectivity index (χ0v) is 10.4. The van der Waals surface area contributed by atoms with Gasteiger partial charge in [-0.05, 0) is 32.0 Å². The van der Waals surface area contributed by atoms with Gasteiger partial charge in [-0.2, -0.15) is 0 Å². The summed E-state index contributed by atoms with van der Waals surface area (Å²) in [5.74, 6) is -1.46. The maximum absolute atomic E-state index is 11.1. The van der Waals surface area contributed by atoms with E-state index in [1.165, 1.54) is 12.1 Å². The molecule has 0 spiro atoms. The van der Waals surface area contributed by atoms with Crippen molar-refractivity contribution in [1.29, 1.82) is 0 Å². The quantitative estimate of drug-likeness (QED) is 0.579. The van der Waals surface area contributed by atoms with Crippen LogP contribution in [0.2, 0.25) is 0 Å². The van der Waals surface area contributed by atoms with E-state index in [2.05, 4.69) is 5.32 Å². The maximum atomic E-state index is 11.1. The van der Waals surface area contributed by atoms with Gasteiger partial charge < -0.3 is 21.9 Å². The van der Waals surface area contributed by atoms with E-state index in [-0.39, 0.29) is 5.56 Å². The number of carboxylic acids is 1. The van der Waals surface area contributed by atoms with E-state index in [1.807, 2.05) is 0 Å². The first kappa shape index (κ1) is 13.8. The van der Waals surface area contributed by atoms with Gasteiger partial charge in [0, 0.05) is 6.54 Å². The first-order valence-electron chi connectivity index (χ1n) is 5.40. The molecule has 18 heavy (non-hydrogen) atoms. The molecule has 6 heteroatoms. The van der Waals surface area contributed by atoms with Crippen molar-refractivity contribution in [1.82, 2.24) is 0 Å². The fourth-order valence-electron chi connectivity index (χ4n) is 1.26. The molecule has 1 amide bonds. The van der Waals surface area contributed by atoms with E-state index < -0.39 is 17.3 Å². The third-order valence-electron chi connectivity index (χ3n) is 2.69. The number of hydrogen-bond donors (Lipinski definition) is 4. The fraction of sp³-hybridized carbons (Fsp3) is 0.333. The predicted molar refractivity (Wildman–Crippen MR) is 69.3 cm³/mol. The summed E-state index contributed by atoms with van der Waals surface area (Å²) in [6.45, 7) is 3.74. The lowest BCUT2D eigenvalue weighted by molar-refractivity contribution is -0.125. The fourth-order valence-corrected chi connectivity index (χ4v) is 1.26. The van der Waals surface area contributed by atoms with E-state index in [9.17, 15) is 9.59 Å². The highest BCUT2D eigenvalue weighted by Crippen LogP contribution is 2.22. The number of nitrogens with two attached hydrogens (primary N) is 2. The average Bonchev–Trinajstić information content (AvgIpc) is 2.26. The van der Waals surface area contributed by atoms with Crippen molar-refractivity contribution in [3.05, 3.63) is 23.8 Å². The van der Waals surface area contributed by atoms with Gasteiger partial charge in [-0.1, -0.05) is 0 Å². The van der Waals surface area contributed by atoms with Gasteiger partial charge in [-0.25, -0.2) is 4.79 Å². The first-order valence-corrected chi connectivity index (χ1v) is 5.40. The van der Waals surface area contributed by atoms with Gasteiger partial charge in [0.15, 0.2) is 0 Å². The Labute approximate surface area is 105 Å². The minimum absolute atomic E-state index is 0.118. The van der Waals surface area contributed by atoms with E-state index in [1.54, 1.807) is 19.9 Å². The van der Waals surface area contributed by atoms with Crippen LogP contribution in [0.25, 0.3) is 0 Å². The lowest BCUT2D eigenvalue weighted by Crippen LogP contribution is -2.37. The van der Waals surface area contributed by atoms with Gasteiger partial charge in [0.25, 0.3) is 0 Å². The monoisotopic (exact) mass is 251 g/mol. The number of benzene rings is 1. The van der Waals surface area contributed by atoms with Crippen LogP contribution in [0.1, 0.15) is 24.2 Å². The molecular weight excluding hydrogens is 234 g/mol. The molecule has 6 nitrogen and oxygen atoms in total. The molecule has 1 rings (SSSR count). The summed E-state index contributed by atoms with van der Waals surface area (Å²) in [5.41, 5.74) is 11.3. The van der Waals surface area contributed by atoms with Crippen LogP contribution < -0.4 is 16.8 Å². The third-order valence-corrected chi connectivity index (χ3v) is 2.69. The summed E-state index contributed by atoms with van der Waals surface area (Å²) in [7, 11) is 0. The second kappa shape index (κ2) is 4.95. The Morgan fingerprint density at radius 2 is 2.00 bits per heavy atom. The second-order valence-corrected chi connectivity index (χ2v) is 4.71. The Hall–Kier alpha value is -2.24. The zero-order chi connectivity index (χ0) is 13.9. The molecule has 1 aromatic carbocycles. The molecule has 0 aliphatic rings. The van der Waals surface area contributed by atoms with Crippen molar-refractivity contribution < 1.29 is 14.7 Å². The number of amides is 1. The molecule has 0 aliphatic carbocycles. The lowest BCUT2D eigenvalue weighted by Gasteiger charge is -2.22. The van der Waals surface area contributed by atoms with Crippen LogP contribution in [-0.2, 0) is 4.79 Å². The van der Waals surface area contributed by atoms with Gasteiger partial charge >= 0.3 is 5.97 Å². The molecule has 0 heterocycles. The molecule has 0 atom stereocenters. The van der Waals surface area contributed by atoms with Crippen molar-refractivity contribution in [2.75, 3.05) is 17.6 Å². The number of nitrogens with one attached hydrogen (secondary N) is 1. The lowest BCUT2D eigenvalue weighted by atomic mass is 9.92. The number of carbonyl (C=O) groups is 2. The van der Waals surface area contributed by atoms with Crippen LogP contribution in [0.4, 0.5) is 11.4 Å². The first-order chi connectivity index (χ1) is 8.24. The number of rotatable bonds is 5. The van der Waals surface area contributed by atoms with Crippen molar-refractivity contribution in [2.24, 2.45) is 11.1 Å². The standard InChI is InChI=1S/C12H17N3O3/c1-12(2,11(14)18)6-15-9-4-3-7(10(16)17)5-8(9)13/h3-5,15H,6,13H2,1-2H3,(H2,14,18)(H,16,17). The number of nitrogen functional groups attached to an aromatic ring is 1. The summed E-state index contributed by atoms with van der Waals surface area (Å²) >= 11 is 0. The molecule has 98 valence electrons. The smallest absolute Gasteiger partial charge is 0.335 e. The van der Waals surface area contributed by atoms with Gasteiger partial charge in [-0.15, -0.1) is 0 Å². The number of primary amides is 1. The minimum atomic E-state index is -1.04. The maximum Gasteiger partial charge on any atom is 0.335 e. The second-order valence-electron chi connectivity index (χ2n) is 4.71. The van der Waals surface area contributed by atoms with Crippen molar-refractivity contribution in [2.45, 2.75) is 13.8 Å². The van der Waals surface area contributed by atoms with Gasteiger partial charge in [-0.3, -0.25) is 4.79 Å². The van der Waals surface area contributed by atoms with Crippen LogP contribution >= 0.6 is 0 Å². The van der Waals surface area contributed by atoms with Crippen LogP contribution in [-0.4, -0.2) is 23.5 Å². The Morgan fingerprint density at radius 3 is 2.44 bits per heavy atom. The summed E-state index contributed by atoms with van der Waals surface area (Å²) in [6, 6.07) is 4.37. The molecule has 0 unspecified atom stereocenters. The van der Waals surface area contributed by atoms with Crippen LogP contribution in [0.5, 0.6) is 0 Å². The van der Waals surface area contributed by atoms with E-state index in [0.29, 0.717) is 17.9 Å². The van der Waals surface area contributed by atoms with E-state index >= 15 is 0 Å². The molecule has 0 bridgehead atoms. The van der Waals surface area contributed by atoms with Gasteiger partial charge in [0.1, 0.15) is 0 Å². The molecule has 1 aromatic rings. The van der Waals surface area contributed by atoms with E-state index in [0.717, 1.165) is 0 Å². The molecule has 0 aliphatic heterocycles. The number of anilines is 2. The Kier molecular flexibility index (Phi) is 3.80. The van der Waals surface area contributed by atoms with Gasteiger partial charge in [0.2, 0.25) is 5.91 Å². The SMILES string of the molecule is CC(C)(CNc1ccc(C(=O)O)cc1N)C(N)=O. The Bertz CT molecular complexity index is 483. The number of carboxylic acid groups (broad SMARTS) is 1. The number of aromatic carboxylic acids is 1. The van der Waals surface area contributed by atoms with Crippen molar-refractivity contribution in [3.8, 4) is 0 Å². The molecule has 6 N–H and O–H groups in total. The summed E-state index contributed by atoms with van der Waals surface area (Å²) in [4.78, 5) is 21.9. The summed E-state index contributed by atoms with van der Waals surface area (Å²) in [6.07, 6.45) is 0. The molecule has 0 aromatic heterocycles. The molecular formula is C12H17N3O3. The average molecular weight is 251 g/mol. The van der Waals surface area contributed by atoms with Crippen molar-refractivity contribution in [3.63, 3.8) is 0 Å². The Balaban J connectivity index is 2.81. The topological polar surface area (TPSA) is 118 Å². The molecule has 0 saturated carbocycles. The van der Waals surface area contributed by atoms with Crippen LogP contribution in [0.3, 0.4) is 0 Å².